The molecule has 2 saturated heterocycles. The number of carbonyl (C=O) groups excluding carboxylic acids is 1. The average molecular weight is 549 g/mol. The number of carboxylic acids is 1. The zero-order valence-electron chi connectivity index (χ0n) is 16.4. The Morgan fingerprint density at radius 1 is 1.10 bits per heavy atom. The van der Waals surface area contributed by atoms with Crippen LogP contribution in [0.4, 0.5) is 0 Å². The van der Waals surface area contributed by atoms with Crippen molar-refractivity contribution < 1.29 is 54.4 Å². The molecule has 0 aliphatic carbocycles. The predicted molar refractivity (Wildman–Crippen MR) is 107 cm³/mol. The molecule has 0 radical (unpaired) electrons. The molecule has 0 spiro atoms. The Balaban J connectivity index is 2.35. The SMILES string of the molecule is CC(=O)N[C@H]1C(O[C@@H]2OC(C(=O)O)[C@@H](O)C(O)[C@@H]2O)[C@H](O)C(CO)OC1[C@H](C)CI. The van der Waals surface area contributed by atoms with Gasteiger partial charge in [-0.2, -0.15) is 0 Å². The van der Waals surface area contributed by atoms with Crippen molar-refractivity contribution in [2.24, 2.45) is 5.92 Å². The van der Waals surface area contributed by atoms with E-state index in [1.54, 1.807) is 0 Å². The molecular weight excluding hydrogens is 521 g/mol. The van der Waals surface area contributed by atoms with Crippen LogP contribution in [0.2, 0.25) is 0 Å². The molecule has 174 valence electrons. The van der Waals surface area contributed by atoms with Crippen LogP contribution in [0, 0.1) is 5.92 Å². The molecule has 2 fully saturated rings. The molecule has 13 heteroatoms. The van der Waals surface area contributed by atoms with Crippen LogP contribution in [0.3, 0.4) is 0 Å². The minimum Gasteiger partial charge on any atom is -0.479 e. The highest BCUT2D eigenvalue weighted by Gasteiger charge is 2.53. The molecule has 7 N–H and O–H groups in total. The Labute approximate surface area is 186 Å². The fourth-order valence-corrected chi connectivity index (χ4v) is 4.09. The summed E-state index contributed by atoms with van der Waals surface area (Å²) in [5.41, 5.74) is 0. The molecule has 2 aliphatic heterocycles. The predicted octanol–water partition coefficient (Wildman–Crippen LogP) is -3.04. The van der Waals surface area contributed by atoms with E-state index in [0.29, 0.717) is 4.43 Å². The topological polar surface area (TPSA) is 195 Å². The molecule has 2 rings (SSSR count). The number of halogens is 1. The lowest BCUT2D eigenvalue weighted by molar-refractivity contribution is -0.327. The summed E-state index contributed by atoms with van der Waals surface area (Å²) in [5.74, 6) is -2.19. The number of nitrogens with one attached hydrogen (secondary N) is 1. The third kappa shape index (κ3) is 5.39. The number of aliphatic carboxylic acids is 1. The van der Waals surface area contributed by atoms with Crippen molar-refractivity contribution >= 4 is 34.5 Å². The molecular formula is C17H28INO11. The smallest absolute Gasteiger partial charge is 0.335 e. The number of hydrogen-bond donors (Lipinski definition) is 7. The third-order valence-corrected chi connectivity index (χ3v) is 6.61. The van der Waals surface area contributed by atoms with Gasteiger partial charge in [0.25, 0.3) is 0 Å². The van der Waals surface area contributed by atoms with Gasteiger partial charge in [0.15, 0.2) is 12.4 Å². The summed E-state index contributed by atoms with van der Waals surface area (Å²) in [6, 6.07) is -0.937. The standard InChI is InChI=1S/C17H28INO11/c1-5(3-18)13-8(19-6(2)21)14(9(22)7(4-20)28-13)29-17-12(25)10(23)11(24)15(30-17)16(26)27/h5,7-15,17,20,22-25H,3-4H2,1-2H3,(H,19,21)(H,26,27)/t5-,7?,8-,9-,10?,11+,12+,13?,14?,15?,17-/m1/s1. The van der Waals surface area contributed by atoms with Crippen LogP contribution in [-0.2, 0) is 23.8 Å². The summed E-state index contributed by atoms with van der Waals surface area (Å²) in [6.45, 7) is 2.52. The number of alkyl halides is 1. The summed E-state index contributed by atoms with van der Waals surface area (Å²) in [6.07, 6.45) is -13.8. The van der Waals surface area contributed by atoms with Gasteiger partial charge in [0, 0.05) is 11.4 Å². The van der Waals surface area contributed by atoms with E-state index in [0.717, 1.165) is 0 Å². The van der Waals surface area contributed by atoms with Gasteiger partial charge >= 0.3 is 5.97 Å². The first-order valence-electron chi connectivity index (χ1n) is 9.38. The van der Waals surface area contributed by atoms with Crippen molar-refractivity contribution in [1.29, 1.82) is 0 Å². The Bertz CT molecular complexity index is 610. The number of amides is 1. The van der Waals surface area contributed by atoms with Gasteiger partial charge in [-0.05, 0) is 5.92 Å². The molecule has 2 aliphatic rings. The summed E-state index contributed by atoms with van der Waals surface area (Å²) in [7, 11) is 0. The molecule has 0 aromatic heterocycles. The second-order valence-corrected chi connectivity index (χ2v) is 8.39. The molecule has 0 saturated carbocycles. The molecule has 30 heavy (non-hydrogen) atoms. The lowest BCUT2D eigenvalue weighted by Gasteiger charge is -2.48. The van der Waals surface area contributed by atoms with Crippen molar-refractivity contribution in [2.75, 3.05) is 11.0 Å². The van der Waals surface area contributed by atoms with E-state index in [9.17, 15) is 40.2 Å². The number of ether oxygens (including phenoxy) is 3. The number of hydrogen-bond acceptors (Lipinski definition) is 10. The van der Waals surface area contributed by atoms with E-state index in [4.69, 9.17) is 14.2 Å². The highest BCUT2D eigenvalue weighted by atomic mass is 127. The van der Waals surface area contributed by atoms with E-state index in [1.807, 2.05) is 6.92 Å². The number of aliphatic hydroxyl groups is 5. The van der Waals surface area contributed by atoms with Gasteiger partial charge in [-0.25, -0.2) is 4.79 Å². The Kier molecular flexibility index (Phi) is 9.20. The van der Waals surface area contributed by atoms with Crippen molar-refractivity contribution in [3.63, 3.8) is 0 Å². The van der Waals surface area contributed by atoms with Crippen LogP contribution in [0.1, 0.15) is 13.8 Å². The highest BCUT2D eigenvalue weighted by molar-refractivity contribution is 14.1. The van der Waals surface area contributed by atoms with Gasteiger partial charge in [0.1, 0.15) is 36.6 Å². The number of aliphatic hydroxyl groups excluding tert-OH is 5. The summed E-state index contributed by atoms with van der Waals surface area (Å²) in [4.78, 5) is 23.1. The van der Waals surface area contributed by atoms with E-state index in [1.165, 1.54) is 6.92 Å². The second-order valence-electron chi connectivity index (χ2n) is 7.51. The molecule has 0 bridgehead atoms. The van der Waals surface area contributed by atoms with E-state index >= 15 is 0 Å². The maximum atomic E-state index is 11.8. The van der Waals surface area contributed by atoms with Crippen molar-refractivity contribution in [1.82, 2.24) is 5.32 Å². The van der Waals surface area contributed by atoms with Gasteiger partial charge in [-0.1, -0.05) is 29.5 Å². The summed E-state index contributed by atoms with van der Waals surface area (Å²) < 4.78 is 17.2. The van der Waals surface area contributed by atoms with Gasteiger partial charge in [0.05, 0.1) is 18.8 Å². The maximum absolute atomic E-state index is 11.8. The second kappa shape index (κ2) is 10.8. The van der Waals surface area contributed by atoms with Crippen LogP contribution in [0.25, 0.3) is 0 Å². The van der Waals surface area contributed by atoms with Crippen molar-refractivity contribution in [3.8, 4) is 0 Å². The number of carbonyl (C=O) groups is 2. The van der Waals surface area contributed by atoms with Crippen LogP contribution in [-0.4, -0.2) is 115 Å². The first-order chi connectivity index (χ1) is 14.0. The molecule has 2 heterocycles. The van der Waals surface area contributed by atoms with Gasteiger partial charge in [-0.3, -0.25) is 4.79 Å². The molecule has 1 amide bonds. The molecule has 5 unspecified atom stereocenters. The maximum Gasteiger partial charge on any atom is 0.335 e. The monoisotopic (exact) mass is 549 g/mol. The number of rotatable bonds is 7. The number of carboxylic acid groups (broad SMARTS) is 1. The minimum atomic E-state index is -1.90. The quantitative estimate of drug-likeness (QED) is 0.126. The van der Waals surface area contributed by atoms with E-state index in [2.05, 4.69) is 27.9 Å². The molecule has 11 atom stereocenters. The zero-order valence-corrected chi connectivity index (χ0v) is 18.5. The Hall–Kier alpha value is -0.650. The molecule has 12 nitrogen and oxygen atoms in total. The zero-order chi connectivity index (χ0) is 22.7. The van der Waals surface area contributed by atoms with E-state index < -0.39 is 79.6 Å². The van der Waals surface area contributed by atoms with Crippen molar-refractivity contribution in [2.45, 2.75) is 75.0 Å². The lowest BCUT2D eigenvalue weighted by atomic mass is 9.87. The van der Waals surface area contributed by atoms with Crippen LogP contribution in [0.15, 0.2) is 0 Å². The van der Waals surface area contributed by atoms with Crippen LogP contribution < -0.4 is 5.32 Å². The van der Waals surface area contributed by atoms with Gasteiger partial charge in [-0.15, -0.1) is 0 Å². The van der Waals surface area contributed by atoms with E-state index in [-0.39, 0.29) is 5.92 Å². The molecule has 0 aromatic carbocycles. The van der Waals surface area contributed by atoms with Crippen LogP contribution in [0.5, 0.6) is 0 Å². The fourth-order valence-electron chi connectivity index (χ4n) is 3.59. The summed E-state index contributed by atoms with van der Waals surface area (Å²) in [5, 5.41) is 62.1. The first-order valence-corrected chi connectivity index (χ1v) is 10.9. The lowest BCUT2D eigenvalue weighted by Crippen LogP contribution is -2.68. The molecule has 0 aromatic rings. The third-order valence-electron chi connectivity index (χ3n) is 5.22. The Morgan fingerprint density at radius 3 is 2.23 bits per heavy atom. The van der Waals surface area contributed by atoms with Crippen molar-refractivity contribution in [3.05, 3.63) is 0 Å². The average Bonchev–Trinajstić information content (AvgIpc) is 2.69. The van der Waals surface area contributed by atoms with Gasteiger partial charge < -0.3 is 50.2 Å². The first kappa shape index (κ1) is 25.6. The summed E-state index contributed by atoms with van der Waals surface area (Å²) >= 11 is 2.11. The normalized spacial score (nSPS) is 43.1. The van der Waals surface area contributed by atoms with Gasteiger partial charge in [0.2, 0.25) is 5.91 Å². The Morgan fingerprint density at radius 2 is 1.73 bits per heavy atom. The minimum absolute atomic E-state index is 0.147. The highest BCUT2D eigenvalue weighted by Crippen LogP contribution is 2.32. The largest absolute Gasteiger partial charge is 0.479 e. The fraction of sp³-hybridized carbons (Fsp3) is 0.882. The van der Waals surface area contributed by atoms with Crippen LogP contribution >= 0.6 is 22.6 Å².